The van der Waals surface area contributed by atoms with Crippen LogP contribution >= 0.6 is 7.60 Å². The van der Waals surface area contributed by atoms with Gasteiger partial charge in [0.25, 0.3) is 0 Å². The molecule has 0 aliphatic carbocycles. The number of piperazine rings is 1. The Morgan fingerprint density at radius 2 is 1.59 bits per heavy atom. The van der Waals surface area contributed by atoms with Gasteiger partial charge in [-0.25, -0.2) is 0 Å². The van der Waals surface area contributed by atoms with E-state index in [0.717, 1.165) is 31.7 Å². The molecule has 5 nitrogen and oxygen atoms in total. The van der Waals surface area contributed by atoms with Crippen molar-refractivity contribution in [3.63, 3.8) is 0 Å². The molecule has 0 radical (unpaired) electrons. The summed E-state index contributed by atoms with van der Waals surface area (Å²) < 4.78 is 24.1. The van der Waals surface area contributed by atoms with Crippen molar-refractivity contribution in [3.8, 4) is 0 Å². The second kappa shape index (κ2) is 9.13. The van der Waals surface area contributed by atoms with Crippen molar-refractivity contribution in [1.82, 2.24) is 9.80 Å². The van der Waals surface area contributed by atoms with Gasteiger partial charge >= 0.3 is 7.60 Å². The van der Waals surface area contributed by atoms with Crippen molar-refractivity contribution < 1.29 is 13.6 Å². The van der Waals surface area contributed by atoms with Crippen LogP contribution in [0.1, 0.15) is 23.8 Å². The minimum absolute atomic E-state index is 0.340. The molecule has 0 aromatic heterocycles. The minimum Gasteiger partial charge on any atom is -0.311 e. The van der Waals surface area contributed by atoms with Crippen molar-refractivity contribution >= 4 is 7.60 Å². The van der Waals surface area contributed by atoms with Gasteiger partial charge in [-0.15, -0.1) is 0 Å². The van der Waals surface area contributed by atoms with Crippen LogP contribution in [0.4, 0.5) is 0 Å². The van der Waals surface area contributed by atoms with Crippen molar-refractivity contribution in [2.45, 2.75) is 25.3 Å². The molecule has 1 aliphatic heterocycles. The molecular formula is C21H29N2O3P. The summed E-state index contributed by atoms with van der Waals surface area (Å²) in [5.41, 5.74) is 2.28. The van der Waals surface area contributed by atoms with E-state index in [-0.39, 0.29) is 0 Å². The largest absolute Gasteiger partial charge is 0.351 e. The van der Waals surface area contributed by atoms with Crippen LogP contribution in [-0.2, 0) is 20.2 Å². The molecule has 2 unspecified atom stereocenters. The van der Waals surface area contributed by atoms with Crippen molar-refractivity contribution in [1.29, 1.82) is 0 Å². The highest BCUT2D eigenvalue weighted by molar-refractivity contribution is 7.54. The zero-order chi connectivity index (χ0) is 19.3. The van der Waals surface area contributed by atoms with E-state index in [0.29, 0.717) is 6.04 Å². The van der Waals surface area contributed by atoms with Crippen LogP contribution in [0.15, 0.2) is 60.7 Å². The molecule has 2 aromatic rings. The van der Waals surface area contributed by atoms with E-state index in [2.05, 4.69) is 41.0 Å². The number of rotatable bonds is 7. The van der Waals surface area contributed by atoms with Crippen LogP contribution in [-0.4, -0.2) is 49.7 Å². The predicted octanol–water partition coefficient (Wildman–Crippen LogP) is 4.38. The first-order valence-electron chi connectivity index (χ1n) is 9.35. The third-order valence-electron chi connectivity index (χ3n) is 5.28. The normalized spacial score (nSPS) is 20.5. The van der Waals surface area contributed by atoms with E-state index in [1.165, 1.54) is 19.8 Å². The van der Waals surface area contributed by atoms with Crippen molar-refractivity contribution in [2.24, 2.45) is 0 Å². The van der Waals surface area contributed by atoms with Crippen LogP contribution < -0.4 is 0 Å². The molecule has 0 amide bonds. The average Bonchev–Trinajstić information content (AvgIpc) is 2.71. The standard InChI is InChI=1S/C21H29N2O3P/c1-18-16-23(15-14-22(18)17-19-10-6-4-7-11-19)21(27(24,25-2)26-3)20-12-8-5-9-13-20/h4-13,18,21H,14-17H2,1-3H3. The Labute approximate surface area is 162 Å². The molecule has 27 heavy (non-hydrogen) atoms. The monoisotopic (exact) mass is 388 g/mol. The Morgan fingerprint density at radius 1 is 1.00 bits per heavy atom. The van der Waals surface area contributed by atoms with E-state index < -0.39 is 13.4 Å². The molecule has 146 valence electrons. The summed E-state index contributed by atoms with van der Waals surface area (Å²) in [5.74, 6) is -0.393. The summed E-state index contributed by atoms with van der Waals surface area (Å²) in [6.07, 6.45) is 0. The first-order chi connectivity index (χ1) is 13.1. The lowest BCUT2D eigenvalue weighted by Crippen LogP contribution is -2.52. The zero-order valence-electron chi connectivity index (χ0n) is 16.3. The molecule has 0 bridgehead atoms. The third-order valence-corrected chi connectivity index (χ3v) is 7.52. The Kier molecular flexibility index (Phi) is 6.85. The molecule has 1 heterocycles. The maximum Gasteiger partial charge on any atom is 0.351 e. The fourth-order valence-corrected chi connectivity index (χ4v) is 5.49. The van der Waals surface area contributed by atoms with Gasteiger partial charge in [0.1, 0.15) is 5.78 Å². The van der Waals surface area contributed by atoms with Gasteiger partial charge in [0.2, 0.25) is 0 Å². The Morgan fingerprint density at radius 3 is 2.15 bits per heavy atom. The number of nitrogens with zero attached hydrogens (tertiary/aromatic N) is 2. The highest BCUT2D eigenvalue weighted by Gasteiger charge is 2.42. The van der Waals surface area contributed by atoms with Gasteiger partial charge in [-0.3, -0.25) is 14.4 Å². The van der Waals surface area contributed by atoms with Gasteiger partial charge < -0.3 is 9.05 Å². The molecule has 1 saturated heterocycles. The lowest BCUT2D eigenvalue weighted by molar-refractivity contribution is 0.0601. The van der Waals surface area contributed by atoms with Crippen LogP contribution in [0.2, 0.25) is 0 Å². The van der Waals surface area contributed by atoms with Gasteiger partial charge in [0.15, 0.2) is 0 Å². The molecule has 3 rings (SSSR count). The molecule has 6 heteroatoms. The van der Waals surface area contributed by atoms with Crippen LogP contribution in [0.5, 0.6) is 0 Å². The molecule has 1 aliphatic rings. The summed E-state index contributed by atoms with van der Waals surface area (Å²) >= 11 is 0. The average molecular weight is 388 g/mol. The molecule has 0 spiro atoms. The van der Waals surface area contributed by atoms with E-state index in [4.69, 9.17) is 9.05 Å². The number of benzene rings is 2. The van der Waals surface area contributed by atoms with E-state index in [1.54, 1.807) is 0 Å². The lowest BCUT2D eigenvalue weighted by Gasteiger charge is -2.44. The lowest BCUT2D eigenvalue weighted by atomic mass is 10.1. The number of hydrogen-bond acceptors (Lipinski definition) is 5. The van der Waals surface area contributed by atoms with Gasteiger partial charge in [0, 0.05) is 46.4 Å². The molecule has 2 atom stereocenters. The zero-order valence-corrected chi connectivity index (χ0v) is 17.2. The van der Waals surface area contributed by atoms with Gasteiger partial charge in [-0.1, -0.05) is 60.7 Å². The fourth-order valence-electron chi connectivity index (χ4n) is 3.79. The SMILES string of the molecule is COP(=O)(OC)C(c1ccccc1)N1CCN(Cc2ccccc2)C(C)C1. The topological polar surface area (TPSA) is 42.0 Å². The van der Waals surface area contributed by atoms with Crippen LogP contribution in [0, 0.1) is 0 Å². The van der Waals surface area contributed by atoms with E-state index >= 15 is 0 Å². The highest BCUT2D eigenvalue weighted by Crippen LogP contribution is 2.61. The van der Waals surface area contributed by atoms with Gasteiger partial charge in [-0.05, 0) is 18.1 Å². The summed E-state index contributed by atoms with van der Waals surface area (Å²) in [6.45, 7) is 5.68. The van der Waals surface area contributed by atoms with E-state index in [1.807, 2.05) is 36.4 Å². The molecule has 2 aromatic carbocycles. The summed E-state index contributed by atoms with van der Waals surface area (Å²) in [7, 11) is -0.352. The quantitative estimate of drug-likeness (QED) is 0.659. The fraction of sp³-hybridized carbons (Fsp3) is 0.429. The van der Waals surface area contributed by atoms with Gasteiger partial charge in [0.05, 0.1) is 0 Å². The highest BCUT2D eigenvalue weighted by atomic mass is 31.2. The maximum absolute atomic E-state index is 13.3. The van der Waals surface area contributed by atoms with Crippen LogP contribution in [0.3, 0.4) is 0 Å². The summed E-state index contributed by atoms with van der Waals surface area (Å²) in [6, 6.07) is 20.8. The Bertz CT molecular complexity index is 749. The van der Waals surface area contributed by atoms with Crippen molar-refractivity contribution in [2.75, 3.05) is 33.9 Å². The first kappa shape index (κ1) is 20.2. The summed E-state index contributed by atoms with van der Waals surface area (Å²) in [5, 5.41) is 0. The molecule has 0 N–H and O–H groups in total. The van der Waals surface area contributed by atoms with E-state index in [9.17, 15) is 4.57 Å². The molecule has 1 fully saturated rings. The predicted molar refractivity (Wildman–Crippen MR) is 109 cm³/mol. The first-order valence-corrected chi connectivity index (χ1v) is 11.0. The van der Waals surface area contributed by atoms with Gasteiger partial charge in [-0.2, -0.15) is 0 Å². The summed E-state index contributed by atoms with van der Waals surface area (Å²) in [4.78, 5) is 4.72. The Hall–Kier alpha value is -1.49. The minimum atomic E-state index is -3.29. The Balaban J connectivity index is 1.78. The molecule has 0 saturated carbocycles. The maximum atomic E-state index is 13.3. The third kappa shape index (κ3) is 4.68. The van der Waals surface area contributed by atoms with Crippen molar-refractivity contribution in [3.05, 3.63) is 71.8 Å². The second-order valence-electron chi connectivity index (χ2n) is 6.99. The second-order valence-corrected chi connectivity index (χ2v) is 9.29. The smallest absolute Gasteiger partial charge is 0.311 e. The number of hydrogen-bond donors (Lipinski definition) is 0. The van der Waals surface area contributed by atoms with Crippen LogP contribution in [0.25, 0.3) is 0 Å². The molecular weight excluding hydrogens is 359 g/mol.